The summed E-state index contributed by atoms with van der Waals surface area (Å²) in [6.45, 7) is 8.54. The smallest absolute Gasteiger partial charge is 0.410 e. The molecule has 1 aromatic heterocycles. The third kappa shape index (κ3) is 5.25. The molecule has 0 unspecified atom stereocenters. The first-order valence-electron chi connectivity index (χ1n) is 7.71. The number of aromatic nitrogens is 2. The molecule has 1 saturated heterocycles. The van der Waals surface area contributed by atoms with Gasteiger partial charge in [-0.05, 0) is 50.3 Å². The highest BCUT2D eigenvalue weighted by Gasteiger charge is 2.35. The quantitative estimate of drug-likeness (QED) is 0.504. The number of nitrogens with zero attached hydrogens (tertiary/aromatic N) is 3. The first kappa shape index (κ1) is 18.8. The normalized spacial score (nSPS) is 15.0. The molecule has 1 amide bonds. The van der Waals surface area contributed by atoms with E-state index in [1.807, 2.05) is 20.8 Å². The summed E-state index contributed by atoms with van der Waals surface area (Å²) in [5, 5.41) is 4.23. The molecule has 1 aliphatic heterocycles. The average Bonchev–Trinajstić information content (AvgIpc) is 2.71. The predicted molar refractivity (Wildman–Crippen MR) is 93.8 cm³/mol. The highest BCUT2D eigenvalue weighted by Crippen LogP contribution is 2.23. The Morgan fingerprint density at radius 2 is 2.04 bits per heavy atom. The number of esters is 1. The second kappa shape index (κ2) is 7.58. The SMILES string of the molecule is CCOC(=O)Cn1cc(I)c(OC2CN(C(=O)OC(C)(C)C)C2)n1. The summed E-state index contributed by atoms with van der Waals surface area (Å²) < 4.78 is 18.2. The van der Waals surface area contributed by atoms with Gasteiger partial charge in [-0.25, -0.2) is 4.79 Å². The van der Waals surface area contributed by atoms with Crippen molar-refractivity contribution in [3.63, 3.8) is 0 Å². The number of likely N-dealkylation sites (tertiary alicyclic amines) is 1. The topological polar surface area (TPSA) is 82.9 Å². The Hall–Kier alpha value is -1.52. The monoisotopic (exact) mass is 451 g/mol. The van der Waals surface area contributed by atoms with Crippen LogP contribution in [0.15, 0.2) is 6.20 Å². The lowest BCUT2D eigenvalue weighted by molar-refractivity contribution is -0.144. The molecule has 0 aromatic carbocycles. The van der Waals surface area contributed by atoms with E-state index in [0.717, 1.165) is 3.57 Å². The highest BCUT2D eigenvalue weighted by molar-refractivity contribution is 14.1. The van der Waals surface area contributed by atoms with Crippen LogP contribution in [0.2, 0.25) is 0 Å². The first-order chi connectivity index (χ1) is 11.2. The Kier molecular flexibility index (Phi) is 5.94. The second-order valence-corrected chi connectivity index (χ2v) is 7.57. The van der Waals surface area contributed by atoms with Crippen molar-refractivity contribution in [3.05, 3.63) is 9.77 Å². The van der Waals surface area contributed by atoms with Gasteiger partial charge in [-0.3, -0.25) is 9.48 Å². The zero-order valence-electron chi connectivity index (χ0n) is 14.2. The zero-order chi connectivity index (χ0) is 17.9. The Morgan fingerprint density at radius 1 is 1.38 bits per heavy atom. The fourth-order valence-electron chi connectivity index (χ4n) is 2.03. The van der Waals surface area contributed by atoms with Gasteiger partial charge in [0.15, 0.2) is 0 Å². The molecular formula is C15H22IN3O5. The number of rotatable bonds is 5. The number of carbonyl (C=O) groups excluding carboxylic acids is 2. The molecule has 0 bridgehead atoms. The first-order valence-corrected chi connectivity index (χ1v) is 8.79. The number of carbonyl (C=O) groups is 2. The van der Waals surface area contributed by atoms with Crippen LogP contribution in [0.1, 0.15) is 27.7 Å². The molecular weight excluding hydrogens is 429 g/mol. The maximum absolute atomic E-state index is 11.9. The van der Waals surface area contributed by atoms with E-state index in [1.165, 1.54) is 4.68 Å². The van der Waals surface area contributed by atoms with E-state index in [0.29, 0.717) is 25.6 Å². The molecule has 134 valence electrons. The van der Waals surface area contributed by atoms with Gasteiger partial charge in [-0.1, -0.05) is 0 Å². The number of halogens is 1. The van der Waals surface area contributed by atoms with Gasteiger partial charge in [-0.2, -0.15) is 0 Å². The molecule has 2 heterocycles. The third-order valence-electron chi connectivity index (χ3n) is 3.06. The van der Waals surface area contributed by atoms with Crippen LogP contribution in [-0.2, 0) is 20.8 Å². The number of ether oxygens (including phenoxy) is 3. The van der Waals surface area contributed by atoms with Crippen molar-refractivity contribution in [3.8, 4) is 5.88 Å². The van der Waals surface area contributed by atoms with E-state index in [9.17, 15) is 9.59 Å². The summed E-state index contributed by atoms with van der Waals surface area (Å²) in [5.41, 5.74) is -0.510. The summed E-state index contributed by atoms with van der Waals surface area (Å²) in [4.78, 5) is 24.9. The summed E-state index contributed by atoms with van der Waals surface area (Å²) in [5.74, 6) is 0.108. The summed E-state index contributed by atoms with van der Waals surface area (Å²) >= 11 is 2.09. The zero-order valence-corrected chi connectivity index (χ0v) is 16.4. The minimum absolute atomic E-state index is 0.0436. The molecule has 0 spiro atoms. The van der Waals surface area contributed by atoms with E-state index in [1.54, 1.807) is 18.0 Å². The number of amides is 1. The molecule has 0 atom stereocenters. The van der Waals surface area contributed by atoms with Crippen LogP contribution in [0.25, 0.3) is 0 Å². The van der Waals surface area contributed by atoms with Gasteiger partial charge in [0.1, 0.15) is 18.2 Å². The summed E-state index contributed by atoms with van der Waals surface area (Å²) in [6.07, 6.45) is 1.25. The van der Waals surface area contributed by atoms with Crippen molar-refractivity contribution in [1.82, 2.24) is 14.7 Å². The fraction of sp³-hybridized carbons (Fsp3) is 0.667. The van der Waals surface area contributed by atoms with Crippen LogP contribution in [0.3, 0.4) is 0 Å². The maximum Gasteiger partial charge on any atom is 0.410 e. The van der Waals surface area contributed by atoms with Crippen molar-refractivity contribution >= 4 is 34.7 Å². The van der Waals surface area contributed by atoms with Crippen LogP contribution in [0.5, 0.6) is 5.88 Å². The Balaban J connectivity index is 1.82. The van der Waals surface area contributed by atoms with Crippen molar-refractivity contribution < 1.29 is 23.8 Å². The highest BCUT2D eigenvalue weighted by atomic mass is 127. The van der Waals surface area contributed by atoms with Gasteiger partial charge < -0.3 is 19.1 Å². The molecule has 1 fully saturated rings. The third-order valence-corrected chi connectivity index (χ3v) is 3.80. The fourth-order valence-corrected chi connectivity index (χ4v) is 2.58. The average molecular weight is 451 g/mol. The standard InChI is InChI=1S/C15H22IN3O5/c1-5-22-12(20)9-19-8-11(16)13(17-19)23-10-6-18(7-10)14(21)24-15(2,3)4/h8,10H,5-7,9H2,1-4H3. The Labute approximate surface area is 154 Å². The van der Waals surface area contributed by atoms with Crippen molar-refractivity contribution in [2.45, 2.75) is 45.9 Å². The molecule has 9 heteroatoms. The van der Waals surface area contributed by atoms with Crippen molar-refractivity contribution in [1.29, 1.82) is 0 Å². The molecule has 0 saturated carbocycles. The number of hydrogen-bond acceptors (Lipinski definition) is 6. The summed E-state index contributed by atoms with van der Waals surface area (Å²) in [6, 6.07) is 0. The molecule has 8 nitrogen and oxygen atoms in total. The lowest BCUT2D eigenvalue weighted by Gasteiger charge is -2.39. The maximum atomic E-state index is 11.9. The van der Waals surface area contributed by atoms with Crippen LogP contribution in [0.4, 0.5) is 4.79 Å². The largest absolute Gasteiger partial charge is 0.469 e. The lowest BCUT2D eigenvalue weighted by atomic mass is 10.2. The molecule has 0 radical (unpaired) electrons. The lowest BCUT2D eigenvalue weighted by Crippen LogP contribution is -2.57. The van der Waals surface area contributed by atoms with Crippen LogP contribution in [-0.4, -0.2) is 58.1 Å². The van der Waals surface area contributed by atoms with Crippen LogP contribution < -0.4 is 4.74 Å². The van der Waals surface area contributed by atoms with Gasteiger partial charge in [0, 0.05) is 6.20 Å². The molecule has 0 N–H and O–H groups in total. The van der Waals surface area contributed by atoms with Gasteiger partial charge in [-0.15, -0.1) is 5.10 Å². The summed E-state index contributed by atoms with van der Waals surface area (Å²) in [7, 11) is 0. The minimum atomic E-state index is -0.510. The Bertz CT molecular complexity index is 605. The van der Waals surface area contributed by atoms with Crippen molar-refractivity contribution in [2.75, 3.05) is 19.7 Å². The molecule has 1 aromatic rings. The molecule has 2 rings (SSSR count). The van der Waals surface area contributed by atoms with Gasteiger partial charge in [0.05, 0.1) is 23.3 Å². The van der Waals surface area contributed by atoms with Crippen LogP contribution >= 0.6 is 22.6 Å². The van der Waals surface area contributed by atoms with Crippen molar-refractivity contribution in [2.24, 2.45) is 0 Å². The molecule has 24 heavy (non-hydrogen) atoms. The van der Waals surface area contributed by atoms with E-state index < -0.39 is 5.60 Å². The van der Waals surface area contributed by atoms with Gasteiger partial charge >= 0.3 is 12.1 Å². The van der Waals surface area contributed by atoms with Crippen LogP contribution in [0, 0.1) is 3.57 Å². The minimum Gasteiger partial charge on any atom is -0.469 e. The predicted octanol–water partition coefficient (Wildman–Crippen LogP) is 2.05. The number of hydrogen-bond donors (Lipinski definition) is 0. The molecule has 0 aliphatic carbocycles. The molecule has 1 aliphatic rings. The van der Waals surface area contributed by atoms with Gasteiger partial charge in [0.25, 0.3) is 0 Å². The Morgan fingerprint density at radius 3 is 2.62 bits per heavy atom. The van der Waals surface area contributed by atoms with E-state index in [-0.39, 0.29) is 24.7 Å². The van der Waals surface area contributed by atoms with E-state index in [2.05, 4.69) is 27.7 Å². The van der Waals surface area contributed by atoms with E-state index in [4.69, 9.17) is 14.2 Å². The van der Waals surface area contributed by atoms with Gasteiger partial charge in [0.2, 0.25) is 5.88 Å². The second-order valence-electron chi connectivity index (χ2n) is 6.41. The van der Waals surface area contributed by atoms with E-state index >= 15 is 0 Å².